The summed E-state index contributed by atoms with van der Waals surface area (Å²) in [4.78, 5) is 12.0. The van der Waals surface area contributed by atoms with Gasteiger partial charge < -0.3 is 19.5 Å². The van der Waals surface area contributed by atoms with Crippen molar-refractivity contribution in [3.63, 3.8) is 0 Å². The minimum atomic E-state index is -0.335. The Labute approximate surface area is 189 Å². The molecule has 3 rings (SSSR count). The second-order valence-corrected chi connectivity index (χ2v) is 7.93. The molecular weight excluding hydrogens is 462 g/mol. The van der Waals surface area contributed by atoms with E-state index in [4.69, 9.17) is 14.2 Å². The molecule has 2 aromatic carbocycles. The Morgan fingerprint density at radius 2 is 1.87 bits per heavy atom. The van der Waals surface area contributed by atoms with Crippen LogP contribution in [-0.2, 0) is 13.0 Å². The predicted molar refractivity (Wildman–Crippen MR) is 124 cm³/mol. The van der Waals surface area contributed by atoms with Crippen molar-refractivity contribution in [2.45, 2.75) is 32.9 Å². The van der Waals surface area contributed by atoms with Gasteiger partial charge in [-0.1, -0.05) is 36.4 Å². The van der Waals surface area contributed by atoms with Gasteiger partial charge in [0.05, 0.1) is 19.8 Å². The molecule has 0 amide bonds. The van der Waals surface area contributed by atoms with Crippen LogP contribution in [0.5, 0.6) is 17.4 Å². The van der Waals surface area contributed by atoms with Crippen LogP contribution in [-0.4, -0.2) is 30.0 Å². The van der Waals surface area contributed by atoms with Crippen LogP contribution < -0.4 is 25.1 Å². The summed E-state index contributed by atoms with van der Waals surface area (Å²) in [6, 6.07) is 15.9. The fourth-order valence-corrected chi connectivity index (χ4v) is 3.33. The summed E-state index contributed by atoms with van der Waals surface area (Å²) in [6.07, 6.45) is 0.713. The van der Waals surface area contributed by atoms with Gasteiger partial charge in [0, 0.05) is 13.0 Å². The third-order valence-corrected chi connectivity index (χ3v) is 5.18. The van der Waals surface area contributed by atoms with E-state index in [-0.39, 0.29) is 11.7 Å². The number of H-pyrrole nitrogens is 1. The molecule has 8 heteroatoms. The Hall–Kier alpha value is -3.00. The molecule has 0 unspecified atom stereocenters. The maximum atomic E-state index is 12.0. The summed E-state index contributed by atoms with van der Waals surface area (Å²) in [5, 5.41) is 9.67. The summed E-state index contributed by atoms with van der Waals surface area (Å²) >= 11 is 3.32. The van der Waals surface area contributed by atoms with Gasteiger partial charge in [0.25, 0.3) is 11.4 Å². The molecule has 3 aromatic rings. The minimum absolute atomic E-state index is 0.0866. The number of hydrogen-bond acceptors (Lipinski definition) is 6. The van der Waals surface area contributed by atoms with Crippen molar-refractivity contribution in [1.82, 2.24) is 10.2 Å². The summed E-state index contributed by atoms with van der Waals surface area (Å²) in [5.41, 5.74) is 2.33. The van der Waals surface area contributed by atoms with Gasteiger partial charge in [0.1, 0.15) is 10.2 Å². The zero-order valence-corrected chi connectivity index (χ0v) is 19.4. The van der Waals surface area contributed by atoms with E-state index in [1.165, 1.54) is 5.56 Å². The molecule has 164 valence electrons. The molecule has 0 radical (unpaired) electrons. The van der Waals surface area contributed by atoms with Crippen LogP contribution in [0, 0.1) is 0 Å². The van der Waals surface area contributed by atoms with Crippen molar-refractivity contribution < 1.29 is 14.2 Å². The lowest BCUT2D eigenvalue weighted by atomic mass is 10.1. The molecule has 2 N–H and O–H groups in total. The average molecular weight is 488 g/mol. The molecule has 0 aliphatic heterocycles. The summed E-state index contributed by atoms with van der Waals surface area (Å²) in [5.74, 6) is 1.66. The smallest absolute Gasteiger partial charge is 0.280 e. The van der Waals surface area contributed by atoms with Crippen LogP contribution >= 0.6 is 15.9 Å². The number of halogens is 1. The second-order valence-electron chi connectivity index (χ2n) is 7.14. The third-order valence-electron chi connectivity index (χ3n) is 4.43. The maximum Gasteiger partial charge on any atom is 0.280 e. The summed E-state index contributed by atoms with van der Waals surface area (Å²) in [6.45, 7) is 4.77. The number of nitrogens with zero attached hydrogens (tertiary/aromatic N) is 1. The van der Waals surface area contributed by atoms with E-state index < -0.39 is 0 Å². The van der Waals surface area contributed by atoms with Gasteiger partial charge in [0.15, 0.2) is 11.5 Å². The largest absolute Gasteiger partial charge is 0.493 e. The van der Waals surface area contributed by atoms with Gasteiger partial charge in [0.2, 0.25) is 0 Å². The van der Waals surface area contributed by atoms with Crippen molar-refractivity contribution in [2.24, 2.45) is 0 Å². The van der Waals surface area contributed by atoms with Crippen LogP contribution in [0.25, 0.3) is 0 Å². The van der Waals surface area contributed by atoms with Crippen molar-refractivity contribution in [3.8, 4) is 17.4 Å². The molecule has 31 heavy (non-hydrogen) atoms. The van der Waals surface area contributed by atoms with Gasteiger partial charge >= 0.3 is 0 Å². The highest BCUT2D eigenvalue weighted by Gasteiger charge is 2.15. The number of methoxy groups -OCH3 is 1. The highest BCUT2D eigenvalue weighted by molar-refractivity contribution is 9.10. The Bertz CT molecular complexity index is 1050. The highest BCUT2D eigenvalue weighted by atomic mass is 79.9. The predicted octanol–water partition coefficient (Wildman–Crippen LogP) is 4.56. The molecule has 0 saturated carbocycles. The monoisotopic (exact) mass is 487 g/mol. The first kappa shape index (κ1) is 22.7. The molecule has 0 atom stereocenters. The van der Waals surface area contributed by atoms with E-state index in [0.29, 0.717) is 40.7 Å². The van der Waals surface area contributed by atoms with Gasteiger partial charge in [-0.2, -0.15) is 0 Å². The molecule has 1 heterocycles. The molecule has 1 aromatic heterocycles. The normalized spacial score (nSPS) is 10.7. The van der Waals surface area contributed by atoms with Crippen LogP contribution in [0.2, 0.25) is 0 Å². The SMILES string of the molecule is COc1ccc(CNc2c(OC(C)C)n[nH]c(=O)c2Br)cc1OCCc1ccccc1. The topological polar surface area (TPSA) is 85.5 Å². The Kier molecular flexibility index (Phi) is 7.94. The molecule has 0 aliphatic carbocycles. The van der Waals surface area contributed by atoms with E-state index in [0.717, 1.165) is 12.0 Å². The van der Waals surface area contributed by atoms with Crippen LogP contribution in [0.1, 0.15) is 25.0 Å². The number of hydrogen-bond donors (Lipinski definition) is 2. The highest BCUT2D eigenvalue weighted by Crippen LogP contribution is 2.31. The molecular formula is C23H26BrN3O4. The lowest BCUT2D eigenvalue weighted by Gasteiger charge is -2.16. The lowest BCUT2D eigenvalue weighted by Crippen LogP contribution is -2.17. The Morgan fingerprint density at radius 1 is 1.10 bits per heavy atom. The number of nitrogens with one attached hydrogen (secondary N) is 2. The van der Waals surface area contributed by atoms with Crippen molar-refractivity contribution in [3.05, 3.63) is 74.5 Å². The number of benzene rings is 2. The quantitative estimate of drug-likeness (QED) is 0.435. The van der Waals surface area contributed by atoms with Crippen LogP contribution in [0.15, 0.2) is 57.8 Å². The van der Waals surface area contributed by atoms with Crippen molar-refractivity contribution >= 4 is 21.6 Å². The zero-order valence-electron chi connectivity index (χ0n) is 17.8. The maximum absolute atomic E-state index is 12.0. The van der Waals surface area contributed by atoms with E-state index in [9.17, 15) is 4.79 Å². The second kappa shape index (κ2) is 10.9. The summed E-state index contributed by atoms with van der Waals surface area (Å²) < 4.78 is 17.5. The fraction of sp³-hybridized carbons (Fsp3) is 0.304. The van der Waals surface area contributed by atoms with Gasteiger partial charge in [-0.25, -0.2) is 5.10 Å². The number of ether oxygens (including phenoxy) is 3. The number of anilines is 1. The van der Waals surface area contributed by atoms with Crippen molar-refractivity contribution in [1.29, 1.82) is 0 Å². The van der Waals surface area contributed by atoms with Gasteiger partial charge in [-0.3, -0.25) is 4.79 Å². The Balaban J connectivity index is 1.72. The Morgan fingerprint density at radius 3 is 2.58 bits per heavy atom. The fourth-order valence-electron chi connectivity index (χ4n) is 2.93. The minimum Gasteiger partial charge on any atom is -0.493 e. The first-order valence-corrected chi connectivity index (χ1v) is 10.8. The van der Waals surface area contributed by atoms with E-state index in [2.05, 4.69) is 43.6 Å². The molecule has 7 nitrogen and oxygen atoms in total. The molecule has 0 aliphatic rings. The average Bonchev–Trinajstić information content (AvgIpc) is 2.76. The lowest BCUT2D eigenvalue weighted by molar-refractivity contribution is 0.231. The summed E-state index contributed by atoms with van der Waals surface area (Å²) in [7, 11) is 1.62. The number of aromatic amines is 1. The van der Waals surface area contributed by atoms with Crippen LogP contribution in [0.4, 0.5) is 5.69 Å². The molecule has 0 fully saturated rings. The van der Waals surface area contributed by atoms with Crippen molar-refractivity contribution in [2.75, 3.05) is 19.0 Å². The third kappa shape index (κ3) is 6.24. The molecule has 0 saturated heterocycles. The van der Waals surface area contributed by atoms with E-state index >= 15 is 0 Å². The first-order valence-electron chi connectivity index (χ1n) is 10.00. The van der Waals surface area contributed by atoms with E-state index in [1.807, 2.05) is 50.2 Å². The standard InChI is InChI=1S/C23H26BrN3O4/c1-15(2)31-23-21(20(24)22(28)26-27-23)25-14-17-9-10-18(29-3)19(13-17)30-12-11-16-7-5-4-6-8-16/h4-10,13,15H,11-12,14H2,1-3H3,(H2,25,26,28). The van der Waals surface area contributed by atoms with Crippen LogP contribution in [0.3, 0.4) is 0 Å². The zero-order chi connectivity index (χ0) is 22.2. The number of aromatic nitrogens is 2. The number of rotatable bonds is 10. The molecule has 0 spiro atoms. The van der Waals surface area contributed by atoms with Gasteiger partial charge in [-0.15, -0.1) is 5.10 Å². The van der Waals surface area contributed by atoms with Gasteiger partial charge in [-0.05, 0) is 53.0 Å². The molecule has 0 bridgehead atoms. The van der Waals surface area contributed by atoms with E-state index in [1.54, 1.807) is 7.11 Å². The first-order chi connectivity index (χ1) is 15.0.